The molecule has 0 spiro atoms. The largest absolute Gasteiger partial charge is 0.493 e. The number of hydrogen-bond acceptors (Lipinski definition) is 3. The SMILES string of the molecule is Cc1nn(C)c(C)c1CNC1CCOc2ccccc21. The van der Waals surface area contributed by atoms with Gasteiger partial charge in [-0.3, -0.25) is 4.68 Å². The predicted molar refractivity (Wildman–Crippen MR) is 78.8 cm³/mol. The molecule has 2 heterocycles. The van der Waals surface area contributed by atoms with E-state index in [9.17, 15) is 0 Å². The maximum atomic E-state index is 5.70. The third kappa shape index (κ3) is 2.31. The van der Waals surface area contributed by atoms with Crippen LogP contribution in [0.4, 0.5) is 0 Å². The van der Waals surface area contributed by atoms with Crippen LogP contribution in [0.15, 0.2) is 24.3 Å². The van der Waals surface area contributed by atoms with Gasteiger partial charge >= 0.3 is 0 Å². The Morgan fingerprint density at radius 1 is 1.35 bits per heavy atom. The summed E-state index contributed by atoms with van der Waals surface area (Å²) >= 11 is 0. The van der Waals surface area contributed by atoms with Crippen molar-refractivity contribution < 1.29 is 4.74 Å². The van der Waals surface area contributed by atoms with Gasteiger partial charge in [-0.15, -0.1) is 0 Å². The van der Waals surface area contributed by atoms with E-state index >= 15 is 0 Å². The van der Waals surface area contributed by atoms with Crippen molar-refractivity contribution in [3.63, 3.8) is 0 Å². The summed E-state index contributed by atoms with van der Waals surface area (Å²) in [4.78, 5) is 0. The fourth-order valence-corrected chi connectivity index (χ4v) is 2.85. The van der Waals surface area contributed by atoms with E-state index in [1.807, 2.05) is 23.9 Å². The molecule has 0 saturated heterocycles. The van der Waals surface area contributed by atoms with Crippen LogP contribution in [0.1, 0.15) is 35.0 Å². The zero-order valence-corrected chi connectivity index (χ0v) is 12.3. The van der Waals surface area contributed by atoms with Crippen LogP contribution < -0.4 is 10.1 Å². The van der Waals surface area contributed by atoms with Gasteiger partial charge in [-0.25, -0.2) is 0 Å². The van der Waals surface area contributed by atoms with Crippen molar-refractivity contribution in [1.29, 1.82) is 0 Å². The highest BCUT2D eigenvalue weighted by Crippen LogP contribution is 2.31. The van der Waals surface area contributed by atoms with E-state index in [0.29, 0.717) is 6.04 Å². The summed E-state index contributed by atoms with van der Waals surface area (Å²) in [7, 11) is 2.00. The van der Waals surface area contributed by atoms with E-state index in [-0.39, 0.29) is 0 Å². The number of aromatic nitrogens is 2. The van der Waals surface area contributed by atoms with E-state index in [4.69, 9.17) is 4.74 Å². The normalized spacial score (nSPS) is 17.6. The van der Waals surface area contributed by atoms with Crippen molar-refractivity contribution in [2.75, 3.05) is 6.61 Å². The van der Waals surface area contributed by atoms with E-state index in [0.717, 1.165) is 31.0 Å². The summed E-state index contributed by atoms with van der Waals surface area (Å²) in [5.74, 6) is 1.01. The van der Waals surface area contributed by atoms with Crippen LogP contribution in [0.2, 0.25) is 0 Å². The lowest BCUT2D eigenvalue weighted by Crippen LogP contribution is -2.27. The number of hydrogen-bond donors (Lipinski definition) is 1. The minimum Gasteiger partial charge on any atom is -0.493 e. The Bertz CT molecular complexity index is 618. The first-order valence-electron chi connectivity index (χ1n) is 7.11. The molecule has 0 fully saturated rings. The maximum absolute atomic E-state index is 5.70. The molecule has 0 amide bonds. The zero-order valence-electron chi connectivity index (χ0n) is 12.3. The molecule has 1 N–H and O–H groups in total. The Morgan fingerprint density at radius 2 is 2.15 bits per heavy atom. The van der Waals surface area contributed by atoms with Crippen LogP contribution in [-0.4, -0.2) is 16.4 Å². The van der Waals surface area contributed by atoms with Crippen LogP contribution in [0.3, 0.4) is 0 Å². The van der Waals surface area contributed by atoms with Gasteiger partial charge in [0.25, 0.3) is 0 Å². The molecule has 1 aromatic heterocycles. The van der Waals surface area contributed by atoms with Gasteiger partial charge in [0.05, 0.1) is 12.3 Å². The lowest BCUT2D eigenvalue weighted by molar-refractivity contribution is 0.252. The number of para-hydroxylation sites is 1. The number of aryl methyl sites for hydroxylation is 2. The van der Waals surface area contributed by atoms with E-state index in [2.05, 4.69) is 36.4 Å². The molecule has 106 valence electrons. The van der Waals surface area contributed by atoms with Crippen molar-refractivity contribution >= 4 is 0 Å². The number of ether oxygens (including phenoxy) is 1. The Morgan fingerprint density at radius 3 is 2.90 bits per heavy atom. The van der Waals surface area contributed by atoms with E-state index < -0.39 is 0 Å². The zero-order chi connectivity index (χ0) is 14.1. The van der Waals surface area contributed by atoms with E-state index in [1.54, 1.807) is 0 Å². The van der Waals surface area contributed by atoms with Crippen molar-refractivity contribution in [1.82, 2.24) is 15.1 Å². The molecule has 4 heteroatoms. The van der Waals surface area contributed by atoms with Crippen molar-refractivity contribution in [3.8, 4) is 5.75 Å². The maximum Gasteiger partial charge on any atom is 0.124 e. The first kappa shape index (κ1) is 13.2. The summed E-state index contributed by atoms with van der Waals surface area (Å²) in [6.07, 6.45) is 1.01. The molecule has 1 unspecified atom stereocenters. The lowest BCUT2D eigenvalue weighted by Gasteiger charge is -2.26. The van der Waals surface area contributed by atoms with Crippen LogP contribution >= 0.6 is 0 Å². The van der Waals surface area contributed by atoms with Gasteiger partial charge in [-0.05, 0) is 19.9 Å². The highest BCUT2D eigenvalue weighted by Gasteiger charge is 2.21. The highest BCUT2D eigenvalue weighted by molar-refractivity contribution is 5.37. The Hall–Kier alpha value is -1.81. The Balaban J connectivity index is 1.77. The van der Waals surface area contributed by atoms with Gasteiger partial charge < -0.3 is 10.1 Å². The van der Waals surface area contributed by atoms with Crippen LogP contribution in [0.5, 0.6) is 5.75 Å². The summed E-state index contributed by atoms with van der Waals surface area (Å²) < 4.78 is 7.65. The highest BCUT2D eigenvalue weighted by atomic mass is 16.5. The van der Waals surface area contributed by atoms with Crippen LogP contribution in [0.25, 0.3) is 0 Å². The predicted octanol–water partition coefficient (Wildman–Crippen LogP) is 2.65. The van der Waals surface area contributed by atoms with Crippen LogP contribution in [-0.2, 0) is 13.6 Å². The molecule has 3 rings (SSSR count). The van der Waals surface area contributed by atoms with Crippen molar-refractivity contribution in [2.45, 2.75) is 32.9 Å². The van der Waals surface area contributed by atoms with Gasteiger partial charge in [-0.1, -0.05) is 18.2 Å². The molecule has 4 nitrogen and oxygen atoms in total. The molecule has 20 heavy (non-hydrogen) atoms. The van der Waals surface area contributed by atoms with Gasteiger partial charge in [0.15, 0.2) is 0 Å². The van der Waals surface area contributed by atoms with Gasteiger partial charge in [-0.2, -0.15) is 5.10 Å². The monoisotopic (exact) mass is 271 g/mol. The molecule has 0 bridgehead atoms. The summed E-state index contributed by atoms with van der Waals surface area (Å²) in [5.41, 5.74) is 4.91. The summed E-state index contributed by atoms with van der Waals surface area (Å²) in [5, 5.41) is 8.13. The third-order valence-electron chi connectivity index (χ3n) is 4.14. The summed E-state index contributed by atoms with van der Waals surface area (Å²) in [6, 6.07) is 8.65. The topological polar surface area (TPSA) is 39.1 Å². The standard InChI is InChI=1S/C16H21N3O/c1-11-14(12(2)19(3)18-11)10-17-15-8-9-20-16-7-5-4-6-13(15)16/h4-7,15,17H,8-10H2,1-3H3. The number of fused-ring (bicyclic) bond motifs is 1. The fraction of sp³-hybridized carbons (Fsp3) is 0.438. The number of benzene rings is 1. The van der Waals surface area contributed by atoms with Crippen LogP contribution in [0, 0.1) is 13.8 Å². The quantitative estimate of drug-likeness (QED) is 0.933. The van der Waals surface area contributed by atoms with Crippen molar-refractivity contribution in [2.24, 2.45) is 7.05 Å². The second kappa shape index (κ2) is 5.29. The average Bonchev–Trinajstić information content (AvgIpc) is 2.70. The first-order chi connectivity index (χ1) is 9.66. The first-order valence-corrected chi connectivity index (χ1v) is 7.11. The minimum absolute atomic E-state index is 0.360. The molecular formula is C16H21N3O. The van der Waals surface area contributed by atoms with E-state index in [1.165, 1.54) is 16.8 Å². The second-order valence-corrected chi connectivity index (χ2v) is 5.38. The van der Waals surface area contributed by atoms with Gasteiger partial charge in [0, 0.05) is 42.9 Å². The summed E-state index contributed by atoms with van der Waals surface area (Å²) in [6.45, 7) is 5.82. The van der Waals surface area contributed by atoms with Crippen molar-refractivity contribution in [3.05, 3.63) is 46.8 Å². The molecule has 0 saturated carbocycles. The molecule has 2 aromatic rings. The Labute approximate surface area is 119 Å². The molecular weight excluding hydrogens is 250 g/mol. The van der Waals surface area contributed by atoms with Gasteiger partial charge in [0.2, 0.25) is 0 Å². The average molecular weight is 271 g/mol. The third-order valence-corrected chi connectivity index (χ3v) is 4.14. The fourth-order valence-electron chi connectivity index (χ4n) is 2.85. The number of nitrogens with zero attached hydrogens (tertiary/aromatic N) is 2. The molecule has 1 aliphatic rings. The molecule has 1 atom stereocenters. The molecule has 0 radical (unpaired) electrons. The molecule has 0 aliphatic carbocycles. The molecule has 1 aliphatic heterocycles. The lowest BCUT2D eigenvalue weighted by atomic mass is 10.00. The smallest absolute Gasteiger partial charge is 0.124 e. The minimum atomic E-state index is 0.360. The number of nitrogens with one attached hydrogen (secondary N) is 1. The Kier molecular flexibility index (Phi) is 3.49. The van der Waals surface area contributed by atoms with Gasteiger partial charge in [0.1, 0.15) is 5.75 Å². The molecule has 1 aromatic carbocycles. The number of rotatable bonds is 3. The second-order valence-electron chi connectivity index (χ2n) is 5.38.